The molecule has 5 nitrogen and oxygen atoms in total. The van der Waals surface area contributed by atoms with Crippen molar-refractivity contribution in [3.8, 4) is 0 Å². The molecule has 104 valence electrons. The second-order valence-corrected chi connectivity index (χ2v) is 4.06. The Morgan fingerprint density at radius 3 is 2.06 bits per heavy atom. The summed E-state index contributed by atoms with van der Waals surface area (Å²) in [6.07, 6.45) is 2.54. The predicted octanol–water partition coefficient (Wildman–Crippen LogP) is 1.70. The van der Waals surface area contributed by atoms with Gasteiger partial charge >= 0.3 is 11.9 Å². The summed E-state index contributed by atoms with van der Waals surface area (Å²) in [5.74, 6) is -1.18. The number of rotatable bonds is 5. The number of aliphatic carboxylic acids is 1. The van der Waals surface area contributed by atoms with Crippen LogP contribution in [0.25, 0.3) is 0 Å². The molecule has 0 heterocycles. The molecule has 18 heavy (non-hydrogen) atoms. The molecule has 0 fully saturated rings. The van der Waals surface area contributed by atoms with E-state index in [4.69, 9.17) is 5.11 Å². The lowest BCUT2D eigenvalue weighted by atomic mass is 10.2. The summed E-state index contributed by atoms with van der Waals surface area (Å²) in [6, 6.07) is 0. The first-order valence-electron chi connectivity index (χ1n) is 5.51. The second-order valence-electron chi connectivity index (χ2n) is 4.06. The summed E-state index contributed by atoms with van der Waals surface area (Å²) in [4.78, 5) is 22.5. The first-order valence-corrected chi connectivity index (χ1v) is 5.51. The second kappa shape index (κ2) is 10.5. The van der Waals surface area contributed by atoms with Crippen LogP contribution in [0.2, 0.25) is 0 Å². The molecule has 0 aromatic heterocycles. The van der Waals surface area contributed by atoms with E-state index in [0.717, 1.165) is 13.0 Å². The Labute approximate surface area is 109 Å². The van der Waals surface area contributed by atoms with E-state index in [1.165, 1.54) is 7.11 Å². The Morgan fingerprint density at radius 2 is 1.83 bits per heavy atom. The molecule has 0 saturated carbocycles. The van der Waals surface area contributed by atoms with Crippen LogP contribution >= 0.6 is 0 Å². The van der Waals surface area contributed by atoms with E-state index in [1.807, 2.05) is 19.0 Å². The zero-order valence-corrected chi connectivity index (χ0v) is 11.8. The molecule has 0 aliphatic heterocycles. The van der Waals surface area contributed by atoms with Gasteiger partial charge in [-0.1, -0.05) is 12.7 Å². The van der Waals surface area contributed by atoms with E-state index < -0.39 is 5.97 Å². The monoisotopic (exact) mass is 257 g/mol. The Hall–Kier alpha value is -1.62. The molecule has 0 rings (SSSR count). The lowest BCUT2D eigenvalue weighted by Gasteiger charge is -2.05. The van der Waals surface area contributed by atoms with Crippen LogP contribution in [0.15, 0.2) is 23.8 Å². The molecule has 0 unspecified atom stereocenters. The van der Waals surface area contributed by atoms with Crippen molar-refractivity contribution in [3.05, 3.63) is 23.8 Å². The van der Waals surface area contributed by atoms with E-state index in [9.17, 15) is 9.59 Å². The fraction of sp³-hybridized carbons (Fsp3) is 0.538. The molecule has 0 aliphatic rings. The molecule has 0 bridgehead atoms. The quantitative estimate of drug-likeness (QED) is 0.600. The molecule has 0 atom stereocenters. The normalized spacial score (nSPS) is 10.4. The maximum Gasteiger partial charge on any atom is 0.332 e. The van der Waals surface area contributed by atoms with E-state index in [0.29, 0.717) is 11.1 Å². The number of hydrogen-bond acceptors (Lipinski definition) is 4. The minimum absolute atomic E-state index is 0.347. The third kappa shape index (κ3) is 12.4. The molecular weight excluding hydrogens is 234 g/mol. The summed E-state index contributed by atoms with van der Waals surface area (Å²) in [5, 5.41) is 8.47. The highest BCUT2D eigenvalue weighted by Crippen LogP contribution is 1.95. The SMILES string of the molecule is C=C(C)C(=O)OC.CC(=CCCN(C)C)C(=O)O. The van der Waals surface area contributed by atoms with Crippen molar-refractivity contribution in [1.29, 1.82) is 0 Å². The van der Waals surface area contributed by atoms with E-state index in [1.54, 1.807) is 19.9 Å². The molecule has 0 amide bonds. The third-order valence-electron chi connectivity index (χ3n) is 1.90. The number of methoxy groups -OCH3 is 1. The van der Waals surface area contributed by atoms with Crippen molar-refractivity contribution < 1.29 is 19.4 Å². The van der Waals surface area contributed by atoms with Crippen LogP contribution < -0.4 is 0 Å². The van der Waals surface area contributed by atoms with Gasteiger partial charge in [-0.15, -0.1) is 0 Å². The van der Waals surface area contributed by atoms with Crippen molar-refractivity contribution in [3.63, 3.8) is 0 Å². The third-order valence-corrected chi connectivity index (χ3v) is 1.90. The fourth-order valence-corrected chi connectivity index (χ4v) is 0.801. The molecular formula is C13H23NO4. The molecule has 0 spiro atoms. The van der Waals surface area contributed by atoms with E-state index in [-0.39, 0.29) is 5.97 Å². The van der Waals surface area contributed by atoms with E-state index >= 15 is 0 Å². The van der Waals surface area contributed by atoms with Gasteiger partial charge in [-0.3, -0.25) is 0 Å². The van der Waals surface area contributed by atoms with Gasteiger partial charge in [0, 0.05) is 17.7 Å². The summed E-state index contributed by atoms with van der Waals surface area (Å²) >= 11 is 0. The molecule has 0 aromatic carbocycles. The van der Waals surface area contributed by atoms with Crippen LogP contribution in [-0.2, 0) is 14.3 Å². The van der Waals surface area contributed by atoms with Gasteiger partial charge in [0.05, 0.1) is 7.11 Å². The number of esters is 1. The smallest absolute Gasteiger partial charge is 0.332 e. The number of ether oxygens (including phenoxy) is 1. The Bertz CT molecular complexity index is 319. The van der Waals surface area contributed by atoms with Crippen molar-refractivity contribution in [1.82, 2.24) is 4.90 Å². The standard InChI is InChI=1S/C8H15NO2.C5H8O2/c1-7(8(10)11)5-4-6-9(2)3;1-4(2)5(6)7-3/h5H,4,6H2,1-3H3,(H,10,11);1H2,2-3H3. The zero-order valence-electron chi connectivity index (χ0n) is 11.8. The molecule has 0 saturated heterocycles. The predicted molar refractivity (Wildman–Crippen MR) is 71.4 cm³/mol. The van der Waals surface area contributed by atoms with Crippen LogP contribution in [-0.4, -0.2) is 49.7 Å². The Kier molecular flexibility index (Phi) is 11.0. The zero-order chi connectivity index (χ0) is 14.7. The van der Waals surface area contributed by atoms with Crippen molar-refractivity contribution in [2.45, 2.75) is 20.3 Å². The van der Waals surface area contributed by atoms with Crippen LogP contribution in [0, 0.1) is 0 Å². The largest absolute Gasteiger partial charge is 0.478 e. The maximum absolute atomic E-state index is 10.3. The maximum atomic E-state index is 10.3. The van der Waals surface area contributed by atoms with Gasteiger partial charge in [-0.2, -0.15) is 0 Å². The van der Waals surface area contributed by atoms with Crippen LogP contribution in [0.1, 0.15) is 20.3 Å². The first kappa shape index (κ1) is 18.7. The first-order chi connectivity index (χ1) is 8.22. The van der Waals surface area contributed by atoms with Gasteiger partial charge in [0.15, 0.2) is 0 Å². The van der Waals surface area contributed by atoms with Gasteiger partial charge in [-0.25, -0.2) is 9.59 Å². The molecule has 0 aliphatic carbocycles. The number of carboxylic acid groups (broad SMARTS) is 1. The Balaban J connectivity index is 0. The lowest BCUT2D eigenvalue weighted by Crippen LogP contribution is -2.12. The number of carbonyl (C=O) groups is 2. The highest BCUT2D eigenvalue weighted by atomic mass is 16.5. The minimum atomic E-state index is -0.830. The topological polar surface area (TPSA) is 66.8 Å². The van der Waals surface area contributed by atoms with Gasteiger partial charge in [-0.05, 0) is 34.4 Å². The minimum Gasteiger partial charge on any atom is -0.478 e. The number of nitrogens with zero attached hydrogens (tertiary/aromatic N) is 1. The number of carbonyl (C=O) groups excluding carboxylic acids is 1. The summed E-state index contributed by atoms with van der Waals surface area (Å²) in [7, 11) is 5.25. The summed E-state index contributed by atoms with van der Waals surface area (Å²) in [6.45, 7) is 7.46. The average molecular weight is 257 g/mol. The summed E-state index contributed by atoms with van der Waals surface area (Å²) < 4.78 is 4.27. The lowest BCUT2D eigenvalue weighted by molar-refractivity contribution is -0.136. The van der Waals surface area contributed by atoms with Crippen molar-refractivity contribution >= 4 is 11.9 Å². The number of hydrogen-bond donors (Lipinski definition) is 1. The van der Waals surface area contributed by atoms with Crippen molar-refractivity contribution in [2.75, 3.05) is 27.7 Å². The molecule has 0 radical (unpaired) electrons. The fourth-order valence-electron chi connectivity index (χ4n) is 0.801. The van der Waals surface area contributed by atoms with E-state index in [2.05, 4.69) is 11.3 Å². The highest BCUT2D eigenvalue weighted by molar-refractivity contribution is 5.86. The van der Waals surface area contributed by atoms with Gasteiger partial charge in [0.25, 0.3) is 0 Å². The van der Waals surface area contributed by atoms with Gasteiger partial charge in [0.1, 0.15) is 0 Å². The van der Waals surface area contributed by atoms with Gasteiger partial charge in [0.2, 0.25) is 0 Å². The van der Waals surface area contributed by atoms with Crippen LogP contribution in [0.5, 0.6) is 0 Å². The number of carboxylic acids is 1. The van der Waals surface area contributed by atoms with Crippen molar-refractivity contribution in [2.24, 2.45) is 0 Å². The van der Waals surface area contributed by atoms with Gasteiger partial charge < -0.3 is 14.7 Å². The highest BCUT2D eigenvalue weighted by Gasteiger charge is 1.97. The average Bonchev–Trinajstić information content (AvgIpc) is 2.27. The molecule has 5 heteroatoms. The Morgan fingerprint density at radius 1 is 1.33 bits per heavy atom. The summed E-state index contributed by atoms with van der Waals surface area (Å²) in [5.41, 5.74) is 0.856. The molecule has 0 aromatic rings. The van der Waals surface area contributed by atoms with Crippen LogP contribution in [0.3, 0.4) is 0 Å². The molecule has 1 N–H and O–H groups in total. The van der Waals surface area contributed by atoms with Crippen LogP contribution in [0.4, 0.5) is 0 Å².